The van der Waals surface area contributed by atoms with Crippen LogP contribution in [0.15, 0.2) is 18.2 Å². The maximum Gasteiger partial charge on any atom is 0.387 e. The molecule has 4 saturated carbocycles. The number of aromatic nitrogens is 2. The van der Waals surface area contributed by atoms with Gasteiger partial charge in [-0.15, -0.1) is 0 Å². The van der Waals surface area contributed by atoms with Crippen molar-refractivity contribution >= 4 is 44.6 Å². The Kier molecular flexibility index (Phi) is 11.5. The van der Waals surface area contributed by atoms with Gasteiger partial charge in [0.05, 0.1) is 46.6 Å². The third-order valence-corrected chi connectivity index (χ3v) is 15.6. The van der Waals surface area contributed by atoms with Gasteiger partial charge in [-0.3, -0.25) is 23.9 Å². The average Bonchev–Trinajstić information content (AvgIpc) is 4.11. The Morgan fingerprint density at radius 3 is 2.39 bits per heavy atom. The molecule has 62 heavy (non-hydrogen) atoms. The number of ketones is 1. The first-order valence-electron chi connectivity index (χ1n) is 21.2. The number of Topliss-reactive ketones (excluding diaryl/α,β-unsaturated/α-hetero) is 1. The number of rotatable bonds is 9. The third-order valence-electron chi connectivity index (χ3n) is 13.8. The van der Waals surface area contributed by atoms with Crippen molar-refractivity contribution in [3.05, 3.63) is 23.9 Å². The monoisotopic (exact) mass is 900 g/mol. The number of carbonyl (C=O) groups is 4. The smallest absolute Gasteiger partial charge is 0.387 e. The fraction of sp³-hybridized carbons (Fsp3) is 0.714. The van der Waals surface area contributed by atoms with Gasteiger partial charge in [0.2, 0.25) is 34.1 Å². The molecule has 6 aliphatic rings. The molecule has 4 aliphatic carbocycles. The van der Waals surface area contributed by atoms with Crippen molar-refractivity contribution < 1.29 is 68.1 Å². The van der Waals surface area contributed by atoms with Crippen LogP contribution in [0.3, 0.4) is 0 Å². The van der Waals surface area contributed by atoms with Crippen molar-refractivity contribution in [2.75, 3.05) is 6.54 Å². The van der Waals surface area contributed by atoms with Crippen LogP contribution in [0.25, 0.3) is 11.0 Å². The number of nitrogens with zero attached hydrogens (tertiary/aromatic N) is 3. The van der Waals surface area contributed by atoms with Crippen LogP contribution < -0.4 is 14.2 Å². The number of halogens is 6. The summed E-state index contributed by atoms with van der Waals surface area (Å²) in [4.78, 5) is 66.1. The van der Waals surface area contributed by atoms with Gasteiger partial charge in [-0.25, -0.2) is 27.2 Å². The molecule has 5 fully saturated rings. The topological polar surface area (TPSA) is 171 Å². The van der Waals surface area contributed by atoms with Crippen molar-refractivity contribution in [1.82, 2.24) is 19.6 Å². The molecule has 2 aliphatic heterocycles. The van der Waals surface area contributed by atoms with Crippen molar-refractivity contribution in [2.45, 2.75) is 140 Å². The molecule has 2 bridgehead atoms. The van der Waals surface area contributed by atoms with Crippen LogP contribution >= 0.6 is 0 Å². The number of alkyl halides is 6. The molecule has 20 heteroatoms. The predicted octanol–water partition coefficient (Wildman–Crippen LogP) is 6.70. The highest BCUT2D eigenvalue weighted by Crippen LogP contribution is 2.60. The number of hydrogen-bond acceptors (Lipinski definition) is 11. The van der Waals surface area contributed by atoms with E-state index in [1.807, 2.05) is 4.72 Å². The predicted molar refractivity (Wildman–Crippen MR) is 206 cm³/mol. The number of ether oxygens (including phenoxy) is 3. The SMILES string of the molecule is CC(C)(C)[C@@H]1CC(=O)O[C@@H]2C[C@@H]3C[C@@H]3[C@H]2CCCCC(F)(F)c2nc3ccc(OC(F)F)cc3nc2O[C@@H]2C[C@@H](C(=O)C[C@]3(C(=O)NS(=O)(=O)C4CC4)C[C@H]3C(F)F)N(C2)C1=O. The summed E-state index contributed by atoms with van der Waals surface area (Å²) in [5.41, 5.74) is -4.13. The summed E-state index contributed by atoms with van der Waals surface area (Å²) in [7, 11) is -4.20. The van der Waals surface area contributed by atoms with Gasteiger partial charge in [0.1, 0.15) is 18.0 Å². The van der Waals surface area contributed by atoms with E-state index in [9.17, 15) is 45.2 Å². The highest BCUT2D eigenvalue weighted by molar-refractivity contribution is 7.90. The molecule has 13 nitrogen and oxygen atoms in total. The number of hydrogen-bond donors (Lipinski definition) is 1. The second kappa shape index (κ2) is 16.1. The standard InChI is InChI=1S/C42H50F6N4O9S/c1-40(2,3)26-16-33(54)61-32-13-20-12-25(20)24(32)6-4-5-11-42(47,48)34-36(50-29-14-21(60-39(45)46)7-10-28(29)49-34)59-22-15-30(52(19-22)37(26)55)31(53)18-41(17-27(41)35(43)44)38(56)51-62(57,58)23-8-9-23/h7,10,14,20,22-27,30,32,35,39H,4-6,8-9,11-13,15-19H2,1-3H3,(H,51,56)/t20-,22+,24+,25-,26+,27-,30-,32+,41+/m0/s1. The van der Waals surface area contributed by atoms with Crippen molar-refractivity contribution in [3.63, 3.8) is 0 Å². The number of carbonyl (C=O) groups excluding carboxylic acids is 4. The zero-order chi connectivity index (χ0) is 44.7. The molecule has 1 aromatic carbocycles. The van der Waals surface area contributed by atoms with Crippen molar-refractivity contribution in [3.8, 4) is 11.6 Å². The van der Waals surface area contributed by atoms with E-state index in [1.165, 1.54) is 6.07 Å². The second-order valence-corrected chi connectivity index (χ2v) is 21.1. The molecule has 1 aromatic heterocycles. The lowest BCUT2D eigenvalue weighted by Crippen LogP contribution is -2.49. The van der Waals surface area contributed by atoms with E-state index in [-0.39, 0.29) is 54.3 Å². The molecule has 1 N–H and O–H groups in total. The first-order valence-corrected chi connectivity index (χ1v) is 22.8. The lowest BCUT2D eigenvalue weighted by Gasteiger charge is -2.35. The first-order chi connectivity index (χ1) is 29.1. The molecule has 1 saturated heterocycles. The second-order valence-electron chi connectivity index (χ2n) is 19.2. The largest absolute Gasteiger partial charge is 0.471 e. The van der Waals surface area contributed by atoms with Crippen LogP contribution in [-0.2, 0) is 39.9 Å². The Labute approximate surface area is 354 Å². The first kappa shape index (κ1) is 44.4. The molecule has 0 unspecified atom stereocenters. The van der Waals surface area contributed by atoms with E-state index in [1.54, 1.807) is 20.8 Å². The molecular weight excluding hydrogens is 851 g/mol. The van der Waals surface area contributed by atoms with Crippen LogP contribution in [0.2, 0.25) is 0 Å². The van der Waals surface area contributed by atoms with Crippen LogP contribution in [0, 0.1) is 40.4 Å². The summed E-state index contributed by atoms with van der Waals surface area (Å²) in [6.45, 7) is 1.49. The van der Waals surface area contributed by atoms with Gasteiger partial charge in [0.25, 0.3) is 5.92 Å². The fourth-order valence-electron chi connectivity index (χ4n) is 9.98. The fourth-order valence-corrected chi connectivity index (χ4v) is 11.4. The van der Waals surface area contributed by atoms with E-state index in [4.69, 9.17) is 9.47 Å². The van der Waals surface area contributed by atoms with Gasteiger partial charge in [0, 0.05) is 31.2 Å². The summed E-state index contributed by atoms with van der Waals surface area (Å²) in [5, 5.41) is -0.868. The number of sulfonamides is 1. The number of amides is 2. The quantitative estimate of drug-likeness (QED) is 0.210. The van der Waals surface area contributed by atoms with Gasteiger partial charge in [-0.1, -0.05) is 27.2 Å². The molecular formula is C42H50F6N4O9S. The molecule has 3 heterocycles. The zero-order valence-electron chi connectivity index (χ0n) is 34.5. The average molecular weight is 901 g/mol. The number of benzene rings is 1. The van der Waals surface area contributed by atoms with Crippen LogP contribution in [0.1, 0.15) is 104 Å². The maximum atomic E-state index is 16.4. The minimum absolute atomic E-state index is 0.0488. The summed E-state index contributed by atoms with van der Waals surface area (Å²) >= 11 is 0. The minimum Gasteiger partial charge on any atom is -0.471 e. The van der Waals surface area contributed by atoms with Gasteiger partial charge in [-0.2, -0.15) is 17.6 Å². The lowest BCUT2D eigenvalue weighted by atomic mass is 9.77. The Bertz CT molecular complexity index is 2240. The van der Waals surface area contributed by atoms with E-state index in [2.05, 4.69) is 14.7 Å². The molecule has 2 amide bonds. The molecule has 8 rings (SSSR count). The normalized spacial score (nSPS) is 32.5. The summed E-state index contributed by atoms with van der Waals surface area (Å²) < 4.78 is 132. The molecule has 2 aromatic rings. The van der Waals surface area contributed by atoms with E-state index in [0.717, 1.165) is 23.5 Å². The number of nitrogens with one attached hydrogen (secondary N) is 1. The van der Waals surface area contributed by atoms with E-state index < -0.39 is 143 Å². The van der Waals surface area contributed by atoms with E-state index >= 15 is 8.78 Å². The lowest BCUT2D eigenvalue weighted by molar-refractivity contribution is -0.158. The van der Waals surface area contributed by atoms with Crippen LogP contribution in [-0.4, -0.2) is 89.9 Å². The Morgan fingerprint density at radius 2 is 1.73 bits per heavy atom. The molecule has 0 radical (unpaired) electrons. The molecule has 9 atom stereocenters. The van der Waals surface area contributed by atoms with Gasteiger partial charge >= 0.3 is 12.6 Å². The summed E-state index contributed by atoms with van der Waals surface area (Å²) in [6.07, 6.45) is -4.64. The zero-order valence-corrected chi connectivity index (χ0v) is 35.3. The van der Waals surface area contributed by atoms with E-state index in [0.29, 0.717) is 25.2 Å². The minimum atomic E-state index is -4.20. The Morgan fingerprint density at radius 1 is 0.984 bits per heavy atom. The highest BCUT2D eigenvalue weighted by atomic mass is 32.2. The Balaban J connectivity index is 1.16. The summed E-state index contributed by atoms with van der Waals surface area (Å²) in [6, 6.07) is 1.88. The Hall–Kier alpha value is -4.23. The third kappa shape index (κ3) is 8.94. The van der Waals surface area contributed by atoms with Crippen LogP contribution in [0.4, 0.5) is 26.3 Å². The van der Waals surface area contributed by atoms with Gasteiger partial charge in [-0.05, 0) is 80.2 Å². The molecule has 0 spiro atoms. The van der Waals surface area contributed by atoms with Gasteiger partial charge < -0.3 is 19.1 Å². The number of esters is 1. The summed E-state index contributed by atoms with van der Waals surface area (Å²) in [5.74, 6) is -10.4. The maximum absolute atomic E-state index is 16.4. The van der Waals surface area contributed by atoms with Crippen molar-refractivity contribution in [1.29, 1.82) is 0 Å². The molecule has 340 valence electrons. The van der Waals surface area contributed by atoms with Crippen LogP contribution in [0.5, 0.6) is 11.6 Å². The number of fused-ring (bicyclic) bond motifs is 7. The highest BCUT2D eigenvalue weighted by Gasteiger charge is 2.66. The van der Waals surface area contributed by atoms with Gasteiger partial charge in [0.15, 0.2) is 11.5 Å². The van der Waals surface area contributed by atoms with Crippen molar-refractivity contribution in [2.24, 2.45) is 40.4 Å².